The third-order valence-corrected chi connectivity index (χ3v) is 8.07. The van der Waals surface area contributed by atoms with Crippen molar-refractivity contribution in [1.82, 2.24) is 0 Å². The predicted octanol–water partition coefficient (Wildman–Crippen LogP) is 8.39. The van der Waals surface area contributed by atoms with E-state index in [1.807, 2.05) is 6.92 Å². The van der Waals surface area contributed by atoms with Gasteiger partial charge in [0.2, 0.25) is 0 Å². The normalized spacial score (nSPS) is 26.3. The molecule has 6 atom stereocenters. The molecular weight excluding hydrogens is 420 g/mol. The molecule has 0 heterocycles. The van der Waals surface area contributed by atoms with Gasteiger partial charge in [-0.2, -0.15) is 0 Å². The number of hydrogen-bond donors (Lipinski definition) is 2. The van der Waals surface area contributed by atoms with Gasteiger partial charge in [0, 0.05) is 6.61 Å². The van der Waals surface area contributed by atoms with Gasteiger partial charge in [0.05, 0.1) is 17.8 Å². The maximum atomic E-state index is 10.8. The van der Waals surface area contributed by atoms with E-state index in [0.717, 1.165) is 70.8 Å². The Kier molecular flexibility index (Phi) is 15.6. The molecule has 0 aromatic rings. The van der Waals surface area contributed by atoms with Gasteiger partial charge in [-0.1, -0.05) is 84.4 Å². The first-order chi connectivity index (χ1) is 16.1. The van der Waals surface area contributed by atoms with Crippen LogP contribution < -0.4 is 0 Å². The van der Waals surface area contributed by atoms with Crippen molar-refractivity contribution in [3.8, 4) is 0 Å². The van der Waals surface area contributed by atoms with Gasteiger partial charge in [0.25, 0.3) is 0 Å². The van der Waals surface area contributed by atoms with Gasteiger partial charge in [-0.3, -0.25) is 0 Å². The van der Waals surface area contributed by atoms with E-state index in [0.29, 0.717) is 11.8 Å². The molecule has 0 bridgehead atoms. The van der Waals surface area contributed by atoms with E-state index in [2.05, 4.69) is 53.7 Å². The highest BCUT2D eigenvalue weighted by Crippen LogP contribution is 2.35. The van der Waals surface area contributed by atoms with Crippen molar-refractivity contribution in [2.75, 3.05) is 6.61 Å². The fourth-order valence-electron chi connectivity index (χ4n) is 5.15. The largest absolute Gasteiger partial charge is 0.390 e. The summed E-state index contributed by atoms with van der Waals surface area (Å²) in [6, 6.07) is 0. The highest BCUT2D eigenvalue weighted by Gasteiger charge is 2.34. The molecule has 1 rings (SSSR count). The first kappa shape index (κ1) is 31.4. The van der Waals surface area contributed by atoms with Gasteiger partial charge in [0.1, 0.15) is 0 Å². The molecule has 0 saturated heterocycles. The predicted molar refractivity (Wildman–Crippen MR) is 147 cm³/mol. The molecule has 3 heteroatoms. The molecule has 200 valence electrons. The summed E-state index contributed by atoms with van der Waals surface area (Å²) in [7, 11) is 0. The standard InChI is InChI=1S/C31H58O3/c1-8-10-12-15-24(3)16-13-20-31(7,33)21-14-17-25(4)18-19-28-23-29(32)26(5)27(6)30(28)34-22-11-9-2/h15,23,25-27,29-30,32-33H,8-14,16-22H2,1-7H3/b24-15+. The molecular formula is C31H58O3. The van der Waals surface area contributed by atoms with Crippen molar-refractivity contribution < 1.29 is 14.9 Å². The van der Waals surface area contributed by atoms with E-state index < -0.39 is 5.60 Å². The summed E-state index contributed by atoms with van der Waals surface area (Å²) in [6.07, 6.45) is 18.5. The first-order valence-corrected chi connectivity index (χ1v) is 14.5. The molecule has 0 aromatic carbocycles. The first-order valence-electron chi connectivity index (χ1n) is 14.5. The number of ether oxygens (including phenoxy) is 1. The zero-order valence-corrected chi connectivity index (χ0v) is 23.7. The van der Waals surface area contributed by atoms with Crippen LogP contribution in [0.5, 0.6) is 0 Å². The smallest absolute Gasteiger partial charge is 0.0815 e. The molecule has 1 aliphatic rings. The summed E-state index contributed by atoms with van der Waals surface area (Å²) in [5.74, 6) is 1.21. The summed E-state index contributed by atoms with van der Waals surface area (Å²) < 4.78 is 6.29. The van der Waals surface area contributed by atoms with Crippen molar-refractivity contribution in [2.24, 2.45) is 17.8 Å². The Balaban J connectivity index is 2.40. The molecule has 6 unspecified atom stereocenters. The van der Waals surface area contributed by atoms with Gasteiger partial charge >= 0.3 is 0 Å². The fraction of sp³-hybridized carbons (Fsp3) is 0.871. The highest BCUT2D eigenvalue weighted by molar-refractivity contribution is 5.18. The molecule has 0 saturated carbocycles. The van der Waals surface area contributed by atoms with E-state index in [1.54, 1.807) is 0 Å². The van der Waals surface area contributed by atoms with Gasteiger partial charge < -0.3 is 14.9 Å². The fourth-order valence-corrected chi connectivity index (χ4v) is 5.15. The number of hydrogen-bond acceptors (Lipinski definition) is 3. The Morgan fingerprint density at radius 3 is 2.41 bits per heavy atom. The van der Waals surface area contributed by atoms with Crippen LogP contribution >= 0.6 is 0 Å². The molecule has 0 aromatic heterocycles. The number of rotatable bonds is 18. The number of unbranched alkanes of at least 4 members (excludes halogenated alkanes) is 3. The van der Waals surface area contributed by atoms with Crippen LogP contribution in [0.15, 0.2) is 23.3 Å². The molecule has 0 spiro atoms. The Hall–Kier alpha value is -0.640. The molecule has 1 aliphatic carbocycles. The Bertz CT molecular complexity index is 591. The van der Waals surface area contributed by atoms with Crippen LogP contribution in [0.3, 0.4) is 0 Å². The van der Waals surface area contributed by atoms with Gasteiger partial charge in [-0.15, -0.1) is 0 Å². The van der Waals surface area contributed by atoms with E-state index in [-0.39, 0.29) is 18.1 Å². The maximum absolute atomic E-state index is 10.8. The number of aliphatic hydroxyl groups excluding tert-OH is 1. The van der Waals surface area contributed by atoms with Gasteiger partial charge in [-0.05, 0) is 88.5 Å². The topological polar surface area (TPSA) is 49.7 Å². The van der Waals surface area contributed by atoms with E-state index in [4.69, 9.17) is 4.74 Å². The minimum absolute atomic E-state index is 0.150. The van der Waals surface area contributed by atoms with Crippen molar-refractivity contribution in [3.63, 3.8) is 0 Å². The van der Waals surface area contributed by atoms with Crippen LogP contribution in [0.4, 0.5) is 0 Å². The lowest BCUT2D eigenvalue weighted by Gasteiger charge is -2.38. The third-order valence-electron chi connectivity index (χ3n) is 8.07. The molecule has 0 amide bonds. The van der Waals surface area contributed by atoms with Crippen LogP contribution in [-0.4, -0.2) is 34.6 Å². The highest BCUT2D eigenvalue weighted by atomic mass is 16.5. The monoisotopic (exact) mass is 478 g/mol. The van der Waals surface area contributed by atoms with Crippen LogP contribution in [0.2, 0.25) is 0 Å². The van der Waals surface area contributed by atoms with Crippen LogP contribution in [-0.2, 0) is 4.74 Å². The Morgan fingerprint density at radius 1 is 1.06 bits per heavy atom. The molecule has 34 heavy (non-hydrogen) atoms. The van der Waals surface area contributed by atoms with Crippen molar-refractivity contribution in [3.05, 3.63) is 23.3 Å². The van der Waals surface area contributed by atoms with Crippen LogP contribution in [0.25, 0.3) is 0 Å². The van der Waals surface area contributed by atoms with Gasteiger partial charge in [-0.25, -0.2) is 0 Å². The average Bonchev–Trinajstić information content (AvgIpc) is 2.77. The number of allylic oxidation sites excluding steroid dienone is 2. The third kappa shape index (κ3) is 12.4. The Labute approximate surface area is 212 Å². The van der Waals surface area contributed by atoms with E-state index in [9.17, 15) is 10.2 Å². The second-order valence-corrected chi connectivity index (χ2v) is 11.7. The SMILES string of the molecule is CCCC/C=C(\C)CCCC(C)(O)CCCC(C)CCC1=CC(O)C(C)C(C)C1OCCCC. The zero-order valence-electron chi connectivity index (χ0n) is 23.7. The van der Waals surface area contributed by atoms with Crippen LogP contribution in [0, 0.1) is 17.8 Å². The average molecular weight is 479 g/mol. The quantitative estimate of drug-likeness (QED) is 0.154. The summed E-state index contributed by atoms with van der Waals surface area (Å²) in [5.41, 5.74) is 2.22. The molecule has 0 radical (unpaired) electrons. The lowest BCUT2D eigenvalue weighted by atomic mass is 9.76. The van der Waals surface area contributed by atoms with Crippen molar-refractivity contribution >= 4 is 0 Å². The summed E-state index contributed by atoms with van der Waals surface area (Å²) in [6.45, 7) is 16.2. The summed E-state index contributed by atoms with van der Waals surface area (Å²) in [5, 5.41) is 21.3. The molecule has 2 N–H and O–H groups in total. The Morgan fingerprint density at radius 2 is 1.74 bits per heavy atom. The van der Waals surface area contributed by atoms with Gasteiger partial charge in [0.15, 0.2) is 0 Å². The zero-order chi connectivity index (χ0) is 25.6. The lowest BCUT2D eigenvalue weighted by molar-refractivity contribution is -0.0123. The number of aliphatic hydroxyl groups is 2. The van der Waals surface area contributed by atoms with E-state index in [1.165, 1.54) is 30.4 Å². The molecule has 0 aliphatic heterocycles. The second-order valence-electron chi connectivity index (χ2n) is 11.7. The van der Waals surface area contributed by atoms with Crippen molar-refractivity contribution in [1.29, 1.82) is 0 Å². The van der Waals surface area contributed by atoms with Crippen molar-refractivity contribution in [2.45, 2.75) is 150 Å². The second kappa shape index (κ2) is 16.9. The van der Waals surface area contributed by atoms with Crippen LogP contribution in [0.1, 0.15) is 132 Å². The minimum atomic E-state index is -0.552. The lowest BCUT2D eigenvalue weighted by Crippen LogP contribution is -2.39. The minimum Gasteiger partial charge on any atom is -0.390 e. The van der Waals surface area contributed by atoms with E-state index >= 15 is 0 Å². The molecule has 3 nitrogen and oxygen atoms in total. The molecule has 0 fully saturated rings. The summed E-state index contributed by atoms with van der Waals surface area (Å²) in [4.78, 5) is 0. The summed E-state index contributed by atoms with van der Waals surface area (Å²) >= 11 is 0. The maximum Gasteiger partial charge on any atom is 0.0815 e.